The highest BCUT2D eigenvalue weighted by atomic mass is 28.4. The van der Waals surface area contributed by atoms with Gasteiger partial charge in [-0.2, -0.15) is 0 Å². The number of amides is 1. The van der Waals surface area contributed by atoms with Gasteiger partial charge in [0.15, 0.2) is 0 Å². The third-order valence-corrected chi connectivity index (χ3v) is 6.08. The SMILES string of the molecule is CCO[Si](CCCC1C(=O)NN[N+]1=O)(OCC)OCC. The summed E-state index contributed by atoms with van der Waals surface area (Å²) in [5, 5.41) is 0. The molecule has 116 valence electrons. The average Bonchev–Trinajstić information content (AvgIpc) is 2.71. The van der Waals surface area contributed by atoms with E-state index in [0.717, 1.165) is 0 Å². The van der Waals surface area contributed by atoms with E-state index in [9.17, 15) is 9.70 Å². The molecule has 1 fully saturated rings. The first kappa shape index (κ1) is 17.0. The van der Waals surface area contributed by atoms with E-state index >= 15 is 0 Å². The van der Waals surface area contributed by atoms with Crippen LogP contribution in [-0.2, 0) is 18.1 Å². The summed E-state index contributed by atoms with van der Waals surface area (Å²) in [6.45, 7) is 7.25. The third kappa shape index (κ3) is 4.51. The Hall–Kier alpha value is -1.03. The molecular formula is C11H24N3O5Si+. The van der Waals surface area contributed by atoms with E-state index in [1.165, 1.54) is 0 Å². The van der Waals surface area contributed by atoms with Gasteiger partial charge in [0.25, 0.3) is 0 Å². The van der Waals surface area contributed by atoms with Crippen LogP contribution in [0.1, 0.15) is 33.6 Å². The fourth-order valence-corrected chi connectivity index (χ4v) is 4.78. The number of carbonyl (C=O) groups is 1. The van der Waals surface area contributed by atoms with E-state index < -0.39 is 14.8 Å². The Labute approximate surface area is 120 Å². The Balaban J connectivity index is 2.52. The van der Waals surface area contributed by atoms with Crippen molar-refractivity contribution in [1.29, 1.82) is 0 Å². The predicted molar refractivity (Wildman–Crippen MR) is 73.4 cm³/mol. The fraction of sp³-hybridized carbons (Fsp3) is 0.909. The van der Waals surface area contributed by atoms with Gasteiger partial charge >= 0.3 is 20.8 Å². The van der Waals surface area contributed by atoms with Gasteiger partial charge in [-0.15, -0.1) is 0 Å². The highest BCUT2D eigenvalue weighted by molar-refractivity contribution is 6.60. The molecule has 1 aliphatic rings. The second kappa shape index (κ2) is 8.30. The zero-order chi connectivity index (χ0) is 15.0. The molecule has 0 aromatic rings. The number of hydrogen-bond donors (Lipinski definition) is 2. The monoisotopic (exact) mass is 306 g/mol. The summed E-state index contributed by atoms with van der Waals surface area (Å²) in [4.78, 5) is 23.3. The molecular weight excluding hydrogens is 282 g/mol. The number of nitroso groups, excluding NO2 is 1. The van der Waals surface area contributed by atoms with Gasteiger partial charge in [0, 0.05) is 32.3 Å². The van der Waals surface area contributed by atoms with Crippen molar-refractivity contribution in [2.24, 2.45) is 0 Å². The van der Waals surface area contributed by atoms with Gasteiger partial charge in [-0.25, -0.2) is 5.43 Å². The molecule has 1 atom stereocenters. The van der Waals surface area contributed by atoms with E-state index in [1.54, 1.807) is 0 Å². The highest BCUT2D eigenvalue weighted by Gasteiger charge is 2.44. The lowest BCUT2D eigenvalue weighted by molar-refractivity contribution is -0.619. The Morgan fingerprint density at radius 3 is 2.10 bits per heavy atom. The minimum absolute atomic E-state index is 0.309. The number of nitrogens with zero attached hydrogens (tertiary/aromatic N) is 1. The van der Waals surface area contributed by atoms with Crippen LogP contribution < -0.4 is 11.0 Å². The molecule has 0 spiro atoms. The first-order valence-electron chi connectivity index (χ1n) is 7.02. The van der Waals surface area contributed by atoms with Crippen molar-refractivity contribution in [3.63, 3.8) is 0 Å². The van der Waals surface area contributed by atoms with Crippen molar-refractivity contribution in [2.75, 3.05) is 19.8 Å². The van der Waals surface area contributed by atoms with Crippen molar-refractivity contribution in [3.8, 4) is 0 Å². The second-order valence-electron chi connectivity index (χ2n) is 4.32. The van der Waals surface area contributed by atoms with Gasteiger partial charge in [-0.05, 0) is 27.2 Å². The van der Waals surface area contributed by atoms with Crippen molar-refractivity contribution in [3.05, 3.63) is 4.91 Å². The largest absolute Gasteiger partial charge is 0.500 e. The Kier molecular flexibility index (Phi) is 7.06. The highest BCUT2D eigenvalue weighted by Crippen LogP contribution is 2.20. The van der Waals surface area contributed by atoms with Crippen LogP contribution in [0.5, 0.6) is 0 Å². The maximum Gasteiger partial charge on any atom is 0.500 e. The normalized spacial score (nSPS) is 19.1. The number of carbonyl (C=O) groups excluding carboxylic acids is 1. The van der Waals surface area contributed by atoms with E-state index in [1.807, 2.05) is 20.8 Å². The van der Waals surface area contributed by atoms with Crippen LogP contribution in [0, 0.1) is 4.91 Å². The first-order chi connectivity index (χ1) is 9.58. The van der Waals surface area contributed by atoms with Crippen LogP contribution >= 0.6 is 0 Å². The third-order valence-electron chi connectivity index (χ3n) is 2.93. The topological polar surface area (TPSA) is 88.9 Å². The van der Waals surface area contributed by atoms with E-state index in [0.29, 0.717) is 43.6 Å². The quantitative estimate of drug-likeness (QED) is 0.452. The van der Waals surface area contributed by atoms with Crippen LogP contribution in [0.4, 0.5) is 0 Å². The predicted octanol–water partition coefficient (Wildman–Crippen LogP) is 0.512. The van der Waals surface area contributed by atoms with Crippen LogP contribution in [0.15, 0.2) is 0 Å². The molecule has 20 heavy (non-hydrogen) atoms. The zero-order valence-corrected chi connectivity index (χ0v) is 13.3. The molecule has 0 bridgehead atoms. The zero-order valence-electron chi connectivity index (χ0n) is 12.3. The van der Waals surface area contributed by atoms with Crippen LogP contribution in [-0.4, -0.2) is 45.4 Å². The molecule has 0 aromatic heterocycles. The summed E-state index contributed by atoms with van der Waals surface area (Å²) >= 11 is 0. The molecule has 0 aliphatic carbocycles. The molecule has 2 N–H and O–H groups in total. The summed E-state index contributed by atoms with van der Waals surface area (Å²) in [5.41, 5.74) is 4.52. The Morgan fingerprint density at radius 1 is 1.15 bits per heavy atom. The van der Waals surface area contributed by atoms with Crippen molar-refractivity contribution < 1.29 is 22.9 Å². The molecule has 0 saturated carbocycles. The smallest absolute Gasteiger partial charge is 0.374 e. The Bertz CT molecular complexity index is 309. The first-order valence-corrected chi connectivity index (χ1v) is 8.95. The van der Waals surface area contributed by atoms with Crippen LogP contribution in [0.3, 0.4) is 0 Å². The van der Waals surface area contributed by atoms with Gasteiger partial charge in [-0.1, -0.05) is 5.53 Å². The molecule has 1 unspecified atom stereocenters. The van der Waals surface area contributed by atoms with Crippen molar-refractivity contribution in [1.82, 2.24) is 11.0 Å². The van der Waals surface area contributed by atoms with Crippen LogP contribution in [0.25, 0.3) is 0 Å². The maximum absolute atomic E-state index is 11.4. The van der Waals surface area contributed by atoms with E-state index in [-0.39, 0.29) is 5.91 Å². The second-order valence-corrected chi connectivity index (χ2v) is 7.05. The molecule has 1 saturated heterocycles. The van der Waals surface area contributed by atoms with Crippen LogP contribution in [0.2, 0.25) is 6.04 Å². The lowest BCUT2D eigenvalue weighted by Crippen LogP contribution is -2.46. The molecule has 9 heteroatoms. The molecule has 0 aromatic carbocycles. The molecule has 1 heterocycles. The Morgan fingerprint density at radius 2 is 1.70 bits per heavy atom. The summed E-state index contributed by atoms with van der Waals surface area (Å²) in [7, 11) is -2.68. The number of nitrogens with one attached hydrogen (secondary N) is 2. The fourth-order valence-electron chi connectivity index (χ4n) is 2.14. The number of hydrazine groups is 2. The minimum Gasteiger partial charge on any atom is -0.374 e. The molecule has 1 amide bonds. The summed E-state index contributed by atoms with van der Waals surface area (Å²) in [5.74, 6) is -0.309. The van der Waals surface area contributed by atoms with Gasteiger partial charge in [0.2, 0.25) is 0 Å². The van der Waals surface area contributed by atoms with Gasteiger partial charge < -0.3 is 13.3 Å². The molecule has 8 nitrogen and oxygen atoms in total. The molecule has 0 radical (unpaired) electrons. The van der Waals surface area contributed by atoms with E-state index in [2.05, 4.69) is 11.0 Å². The van der Waals surface area contributed by atoms with Gasteiger partial charge in [-0.3, -0.25) is 4.79 Å². The minimum atomic E-state index is -2.68. The summed E-state index contributed by atoms with van der Waals surface area (Å²) < 4.78 is 17.1. The van der Waals surface area contributed by atoms with Crippen molar-refractivity contribution >= 4 is 14.7 Å². The average molecular weight is 306 g/mol. The molecule has 1 rings (SSSR count). The van der Waals surface area contributed by atoms with E-state index in [4.69, 9.17) is 13.3 Å². The number of rotatable bonds is 10. The summed E-state index contributed by atoms with van der Waals surface area (Å²) in [6.07, 6.45) is 1.06. The lowest BCUT2D eigenvalue weighted by atomic mass is 10.2. The molecule has 1 aliphatic heterocycles. The lowest BCUT2D eigenvalue weighted by Gasteiger charge is -2.28. The number of hydrogen-bond acceptors (Lipinski definition) is 5. The van der Waals surface area contributed by atoms with Crippen molar-refractivity contribution in [2.45, 2.75) is 45.7 Å². The maximum atomic E-state index is 11.4. The summed E-state index contributed by atoms with van der Waals surface area (Å²) in [6, 6.07) is -0.105. The van der Waals surface area contributed by atoms with Gasteiger partial charge in [0.05, 0.1) is 4.91 Å². The standard InChI is InChI=1S/C11H23N3O5Si/c1-4-17-20(18-5-2,19-6-3)9-7-8-10-11(15)12-13-14(10)16/h10H,4-9H2,1-3H3,(H-,12,13,15,16)/p+1. The van der Waals surface area contributed by atoms with Gasteiger partial charge in [0.1, 0.15) is 4.87 Å².